The number of furan rings is 1. The first-order valence-corrected chi connectivity index (χ1v) is 9.16. The van der Waals surface area contributed by atoms with Crippen LogP contribution in [0.4, 0.5) is 0 Å². The molecule has 0 spiro atoms. The molecule has 2 N–H and O–H groups in total. The molecule has 1 aromatic heterocycles. The van der Waals surface area contributed by atoms with Crippen molar-refractivity contribution in [1.82, 2.24) is 10.6 Å². The Balaban J connectivity index is 1.55. The van der Waals surface area contributed by atoms with Crippen LogP contribution in [0.3, 0.4) is 0 Å². The number of nitrogens with one attached hydrogen (secondary N) is 2. The van der Waals surface area contributed by atoms with Crippen LogP contribution in [-0.2, 0) is 4.79 Å². The van der Waals surface area contributed by atoms with Crippen molar-refractivity contribution >= 4 is 40.1 Å². The normalized spacial score (nSPS) is 13.5. The Hall–Kier alpha value is -2.01. The van der Waals surface area contributed by atoms with Gasteiger partial charge in [0.2, 0.25) is 5.91 Å². The summed E-state index contributed by atoms with van der Waals surface area (Å²) in [7, 11) is 0. The molecule has 0 aliphatic heterocycles. The minimum atomic E-state index is -0.211. The van der Waals surface area contributed by atoms with Gasteiger partial charge >= 0.3 is 0 Å². The lowest BCUT2D eigenvalue weighted by Crippen LogP contribution is -2.36. The maximum Gasteiger partial charge on any atom is 0.234 e. The minimum absolute atomic E-state index is 0.0305. The van der Waals surface area contributed by atoms with E-state index in [1.54, 1.807) is 12.1 Å². The highest BCUT2D eigenvalue weighted by molar-refractivity contribution is 6.42. The highest BCUT2D eigenvalue weighted by Crippen LogP contribution is 2.26. The largest absolute Gasteiger partial charge is 0.459 e. The van der Waals surface area contributed by atoms with E-state index in [1.165, 1.54) is 0 Å². The monoisotopic (exact) mass is 390 g/mol. The van der Waals surface area contributed by atoms with Crippen molar-refractivity contribution < 1.29 is 9.21 Å². The first-order chi connectivity index (χ1) is 12.4. The van der Waals surface area contributed by atoms with Gasteiger partial charge in [-0.1, -0.05) is 47.5 Å². The Morgan fingerprint density at radius 1 is 1.04 bits per heavy atom. The van der Waals surface area contributed by atoms with Gasteiger partial charge in [-0.15, -0.1) is 0 Å². The Morgan fingerprint density at radius 3 is 2.54 bits per heavy atom. The maximum absolute atomic E-state index is 12.2. The number of carbonyl (C=O) groups is 1. The lowest BCUT2D eigenvalue weighted by Gasteiger charge is -2.16. The molecule has 2 aromatic carbocycles. The van der Waals surface area contributed by atoms with E-state index in [4.69, 9.17) is 27.6 Å². The van der Waals surface area contributed by atoms with E-state index in [0.717, 1.165) is 22.3 Å². The Labute approximate surface area is 162 Å². The van der Waals surface area contributed by atoms with Crippen LogP contribution in [0.25, 0.3) is 11.0 Å². The van der Waals surface area contributed by atoms with Crippen molar-refractivity contribution in [2.24, 2.45) is 0 Å². The first kappa shape index (κ1) is 18.8. The van der Waals surface area contributed by atoms with Crippen LogP contribution in [0.2, 0.25) is 10.0 Å². The van der Waals surface area contributed by atoms with Gasteiger partial charge in [0.1, 0.15) is 11.3 Å². The molecule has 1 heterocycles. The lowest BCUT2D eigenvalue weighted by molar-refractivity contribution is -0.121. The fraction of sp³-hybridized carbons (Fsp3) is 0.250. The van der Waals surface area contributed by atoms with E-state index in [-0.39, 0.29) is 24.5 Å². The minimum Gasteiger partial charge on any atom is -0.459 e. The number of para-hydroxylation sites is 1. The van der Waals surface area contributed by atoms with Gasteiger partial charge in [-0.3, -0.25) is 4.79 Å². The second-order valence-corrected chi connectivity index (χ2v) is 7.07. The van der Waals surface area contributed by atoms with E-state index < -0.39 is 0 Å². The van der Waals surface area contributed by atoms with Crippen LogP contribution in [-0.4, -0.2) is 12.5 Å². The fourth-order valence-corrected chi connectivity index (χ4v) is 3.03. The number of benzene rings is 2. The number of rotatable bonds is 6. The summed E-state index contributed by atoms with van der Waals surface area (Å²) >= 11 is 12.0. The number of halogens is 2. The highest BCUT2D eigenvalue weighted by Gasteiger charge is 2.15. The molecular weight excluding hydrogens is 371 g/mol. The fourth-order valence-electron chi connectivity index (χ4n) is 2.72. The molecular formula is C20H20Cl2N2O2. The average molecular weight is 391 g/mol. The molecule has 26 heavy (non-hydrogen) atoms. The van der Waals surface area contributed by atoms with E-state index in [2.05, 4.69) is 10.6 Å². The molecule has 2 atom stereocenters. The molecule has 6 heteroatoms. The van der Waals surface area contributed by atoms with E-state index >= 15 is 0 Å². The molecule has 3 aromatic rings. The molecule has 3 rings (SSSR count). The molecule has 0 saturated heterocycles. The summed E-state index contributed by atoms with van der Waals surface area (Å²) in [5, 5.41) is 8.16. The summed E-state index contributed by atoms with van der Waals surface area (Å²) in [4.78, 5) is 12.2. The lowest BCUT2D eigenvalue weighted by atomic mass is 10.1. The summed E-state index contributed by atoms with van der Waals surface area (Å²) in [6, 6.07) is 14.9. The Morgan fingerprint density at radius 2 is 1.81 bits per heavy atom. The predicted octanol–water partition coefficient (Wildman–Crippen LogP) is 5.27. The third kappa shape index (κ3) is 4.39. The average Bonchev–Trinajstić information content (AvgIpc) is 3.06. The number of fused-ring (bicyclic) bond motifs is 1. The third-order valence-electron chi connectivity index (χ3n) is 4.26. The zero-order valence-corrected chi connectivity index (χ0v) is 16.1. The summed E-state index contributed by atoms with van der Waals surface area (Å²) in [6.07, 6.45) is 0. The summed E-state index contributed by atoms with van der Waals surface area (Å²) in [5.41, 5.74) is 1.78. The molecule has 0 aliphatic carbocycles. The number of hydrogen-bond acceptors (Lipinski definition) is 3. The topological polar surface area (TPSA) is 54.3 Å². The standard InChI is InChI=1S/C20H20Cl2N2O2/c1-12(14-7-8-16(21)17(22)9-14)23-11-20(25)24-13(2)19-10-15-5-3-4-6-18(15)26-19/h3-10,12-13,23H,11H2,1-2H3,(H,24,25)/t12-,13-/m1/s1. The molecule has 4 nitrogen and oxygen atoms in total. The van der Waals surface area contributed by atoms with Crippen LogP contribution in [0.5, 0.6) is 0 Å². The van der Waals surface area contributed by atoms with E-state index in [0.29, 0.717) is 10.0 Å². The van der Waals surface area contributed by atoms with E-state index in [9.17, 15) is 4.79 Å². The molecule has 0 fully saturated rings. The van der Waals surface area contributed by atoms with Gasteiger partial charge in [0.25, 0.3) is 0 Å². The Kier molecular flexibility index (Phi) is 5.87. The van der Waals surface area contributed by atoms with Crippen LogP contribution in [0.15, 0.2) is 52.9 Å². The van der Waals surface area contributed by atoms with Gasteiger partial charge < -0.3 is 15.1 Å². The molecule has 0 saturated carbocycles. The SMILES string of the molecule is C[C@@H](NCC(=O)N[C@H](C)c1cc2ccccc2o1)c1ccc(Cl)c(Cl)c1. The summed E-state index contributed by atoms with van der Waals surface area (Å²) < 4.78 is 5.79. The van der Waals surface area contributed by atoms with Gasteiger partial charge in [-0.2, -0.15) is 0 Å². The smallest absolute Gasteiger partial charge is 0.234 e. The van der Waals surface area contributed by atoms with Crippen LogP contribution >= 0.6 is 23.2 Å². The molecule has 1 amide bonds. The second kappa shape index (κ2) is 8.12. The van der Waals surface area contributed by atoms with Gasteiger partial charge in [-0.05, 0) is 43.7 Å². The zero-order valence-electron chi connectivity index (χ0n) is 14.6. The molecule has 0 unspecified atom stereocenters. The van der Waals surface area contributed by atoms with Crippen molar-refractivity contribution in [2.45, 2.75) is 25.9 Å². The van der Waals surface area contributed by atoms with Crippen molar-refractivity contribution in [2.75, 3.05) is 6.54 Å². The zero-order chi connectivity index (χ0) is 18.7. The van der Waals surface area contributed by atoms with Crippen molar-refractivity contribution in [3.8, 4) is 0 Å². The third-order valence-corrected chi connectivity index (χ3v) is 5.00. The number of amides is 1. The van der Waals surface area contributed by atoms with Gasteiger partial charge in [-0.25, -0.2) is 0 Å². The van der Waals surface area contributed by atoms with Gasteiger partial charge in [0.05, 0.1) is 22.6 Å². The summed E-state index contributed by atoms with van der Waals surface area (Å²) in [6.45, 7) is 4.06. The van der Waals surface area contributed by atoms with Gasteiger partial charge in [0, 0.05) is 11.4 Å². The van der Waals surface area contributed by atoms with Gasteiger partial charge in [0.15, 0.2) is 0 Å². The Bertz CT molecular complexity index is 890. The molecule has 136 valence electrons. The van der Waals surface area contributed by atoms with Crippen LogP contribution in [0, 0.1) is 0 Å². The molecule has 0 radical (unpaired) electrons. The van der Waals surface area contributed by atoms with Crippen molar-refractivity contribution in [1.29, 1.82) is 0 Å². The van der Waals surface area contributed by atoms with Crippen LogP contribution < -0.4 is 10.6 Å². The maximum atomic E-state index is 12.2. The van der Waals surface area contributed by atoms with E-state index in [1.807, 2.05) is 50.2 Å². The van der Waals surface area contributed by atoms with Crippen LogP contribution in [0.1, 0.15) is 37.3 Å². The van der Waals surface area contributed by atoms with Crippen molar-refractivity contribution in [3.63, 3.8) is 0 Å². The summed E-state index contributed by atoms with van der Waals surface area (Å²) in [5.74, 6) is 0.627. The van der Waals surface area contributed by atoms with Crippen molar-refractivity contribution in [3.05, 3.63) is 69.9 Å². The molecule has 0 aliphatic rings. The number of hydrogen-bond donors (Lipinski definition) is 2. The first-order valence-electron chi connectivity index (χ1n) is 8.40. The quantitative estimate of drug-likeness (QED) is 0.602. The number of carbonyl (C=O) groups excluding carboxylic acids is 1. The highest BCUT2D eigenvalue weighted by atomic mass is 35.5. The second-order valence-electron chi connectivity index (χ2n) is 6.25. The molecule has 0 bridgehead atoms. The predicted molar refractivity (Wildman–Crippen MR) is 106 cm³/mol.